The molecule has 0 amide bonds. The summed E-state index contributed by atoms with van der Waals surface area (Å²) in [5.74, 6) is 0.312. The van der Waals surface area contributed by atoms with Gasteiger partial charge in [-0.3, -0.25) is 0 Å². The first-order valence-corrected chi connectivity index (χ1v) is 4.81. The molecule has 0 radical (unpaired) electrons. The summed E-state index contributed by atoms with van der Waals surface area (Å²) < 4.78 is 0. The number of fused-ring (bicyclic) bond motifs is 1. The molecule has 2 heteroatoms. The molecule has 70 valence electrons. The summed E-state index contributed by atoms with van der Waals surface area (Å²) in [7, 11) is 0. The number of anilines is 1. The van der Waals surface area contributed by atoms with Crippen LogP contribution in [-0.2, 0) is 6.42 Å². The van der Waals surface area contributed by atoms with Crippen LogP contribution in [-0.4, -0.2) is 11.7 Å². The van der Waals surface area contributed by atoms with Gasteiger partial charge in [-0.1, -0.05) is 12.1 Å². The summed E-state index contributed by atoms with van der Waals surface area (Å²) in [6.45, 7) is 0.246. The molecule has 0 spiro atoms. The molecule has 1 aliphatic rings. The number of nitrogen functional groups attached to an aromatic ring is 1. The van der Waals surface area contributed by atoms with Crippen LogP contribution < -0.4 is 5.73 Å². The van der Waals surface area contributed by atoms with Gasteiger partial charge in [-0.15, -0.1) is 0 Å². The van der Waals surface area contributed by atoms with E-state index < -0.39 is 0 Å². The highest BCUT2D eigenvalue weighted by molar-refractivity contribution is 5.53. The molecule has 3 N–H and O–H groups in total. The Morgan fingerprint density at radius 3 is 3.08 bits per heavy atom. The van der Waals surface area contributed by atoms with E-state index in [1.165, 1.54) is 11.1 Å². The van der Waals surface area contributed by atoms with Crippen molar-refractivity contribution >= 4 is 5.69 Å². The van der Waals surface area contributed by atoms with Crippen LogP contribution in [0.5, 0.6) is 0 Å². The Bertz CT molecular complexity index is 309. The summed E-state index contributed by atoms with van der Waals surface area (Å²) in [6.07, 6.45) is 3.30. The number of rotatable bonds is 1. The fraction of sp³-hybridized carbons (Fsp3) is 0.455. The number of hydrogen-bond donors (Lipinski definition) is 2. The van der Waals surface area contributed by atoms with Crippen LogP contribution in [0.25, 0.3) is 0 Å². The third kappa shape index (κ3) is 1.42. The molecule has 0 aromatic heterocycles. The Balaban J connectivity index is 2.45. The molecule has 1 unspecified atom stereocenters. The van der Waals surface area contributed by atoms with Crippen LogP contribution in [0.4, 0.5) is 5.69 Å². The second kappa shape index (κ2) is 3.38. The van der Waals surface area contributed by atoms with Crippen LogP contribution in [0.1, 0.15) is 29.9 Å². The topological polar surface area (TPSA) is 46.2 Å². The highest BCUT2D eigenvalue weighted by Crippen LogP contribution is 2.33. The van der Waals surface area contributed by atoms with Gasteiger partial charge in [0.2, 0.25) is 0 Å². The monoisotopic (exact) mass is 177 g/mol. The average molecular weight is 177 g/mol. The molecule has 1 atom stereocenters. The number of aliphatic hydroxyl groups excluding tert-OH is 1. The Morgan fingerprint density at radius 2 is 2.31 bits per heavy atom. The van der Waals surface area contributed by atoms with E-state index in [0.717, 1.165) is 24.9 Å². The molecule has 2 nitrogen and oxygen atoms in total. The first-order valence-electron chi connectivity index (χ1n) is 4.81. The third-order valence-corrected chi connectivity index (χ3v) is 2.89. The zero-order valence-corrected chi connectivity index (χ0v) is 7.66. The van der Waals surface area contributed by atoms with Gasteiger partial charge in [-0.2, -0.15) is 0 Å². The van der Waals surface area contributed by atoms with Crippen molar-refractivity contribution in [3.05, 3.63) is 29.3 Å². The maximum atomic E-state index is 9.19. The first-order chi connectivity index (χ1) is 6.33. The number of benzene rings is 1. The van der Waals surface area contributed by atoms with E-state index in [1.807, 2.05) is 12.1 Å². The zero-order chi connectivity index (χ0) is 9.26. The van der Waals surface area contributed by atoms with E-state index in [0.29, 0.717) is 5.92 Å². The number of hydrogen-bond acceptors (Lipinski definition) is 2. The predicted octanol–water partition coefficient (Wildman–Crippen LogP) is 1.68. The molecule has 1 aliphatic carbocycles. The van der Waals surface area contributed by atoms with Gasteiger partial charge in [0.1, 0.15) is 0 Å². The summed E-state index contributed by atoms with van der Waals surface area (Å²) >= 11 is 0. The minimum atomic E-state index is 0.246. The van der Waals surface area contributed by atoms with E-state index >= 15 is 0 Å². The highest BCUT2D eigenvalue weighted by atomic mass is 16.3. The summed E-state index contributed by atoms with van der Waals surface area (Å²) in [5.41, 5.74) is 9.28. The molecule has 0 heterocycles. The standard InChI is InChI=1S/C11H15NO/c12-11-6-2-4-9-8(7-13)3-1-5-10(9)11/h2,4,6,8,13H,1,3,5,7,12H2. The lowest BCUT2D eigenvalue weighted by molar-refractivity contribution is 0.253. The molecular formula is C11H15NO. The lowest BCUT2D eigenvalue weighted by atomic mass is 9.82. The number of aliphatic hydroxyl groups is 1. The molecule has 0 fully saturated rings. The smallest absolute Gasteiger partial charge is 0.0499 e. The second-order valence-electron chi connectivity index (χ2n) is 3.69. The van der Waals surface area contributed by atoms with Gasteiger partial charge in [0.25, 0.3) is 0 Å². The second-order valence-corrected chi connectivity index (χ2v) is 3.69. The van der Waals surface area contributed by atoms with E-state index in [1.54, 1.807) is 0 Å². The van der Waals surface area contributed by atoms with Crippen molar-refractivity contribution in [3.63, 3.8) is 0 Å². The van der Waals surface area contributed by atoms with Crippen LogP contribution >= 0.6 is 0 Å². The highest BCUT2D eigenvalue weighted by Gasteiger charge is 2.20. The maximum absolute atomic E-state index is 9.19. The normalized spacial score (nSPS) is 21.2. The van der Waals surface area contributed by atoms with E-state index in [9.17, 15) is 5.11 Å². The minimum absolute atomic E-state index is 0.246. The maximum Gasteiger partial charge on any atom is 0.0499 e. The molecular weight excluding hydrogens is 162 g/mol. The Labute approximate surface area is 78.4 Å². The minimum Gasteiger partial charge on any atom is -0.398 e. The van der Waals surface area contributed by atoms with Crippen molar-refractivity contribution in [2.75, 3.05) is 12.3 Å². The molecule has 13 heavy (non-hydrogen) atoms. The first kappa shape index (κ1) is 8.57. The Hall–Kier alpha value is -1.02. The molecule has 0 saturated heterocycles. The molecule has 0 aliphatic heterocycles. The molecule has 1 aromatic carbocycles. The predicted molar refractivity (Wildman–Crippen MR) is 53.6 cm³/mol. The summed E-state index contributed by atoms with van der Waals surface area (Å²) in [4.78, 5) is 0. The largest absolute Gasteiger partial charge is 0.398 e. The fourth-order valence-corrected chi connectivity index (χ4v) is 2.16. The molecule has 2 rings (SSSR count). The van der Waals surface area contributed by atoms with E-state index in [4.69, 9.17) is 5.73 Å². The molecule has 0 bridgehead atoms. The van der Waals surface area contributed by atoms with E-state index in [-0.39, 0.29) is 6.61 Å². The zero-order valence-electron chi connectivity index (χ0n) is 7.66. The van der Waals surface area contributed by atoms with Gasteiger partial charge < -0.3 is 10.8 Å². The van der Waals surface area contributed by atoms with Crippen molar-refractivity contribution in [3.8, 4) is 0 Å². The van der Waals surface area contributed by atoms with Crippen LogP contribution in [0, 0.1) is 0 Å². The van der Waals surface area contributed by atoms with Gasteiger partial charge in [0.05, 0.1) is 0 Å². The summed E-state index contributed by atoms with van der Waals surface area (Å²) in [6, 6.07) is 6.01. The fourth-order valence-electron chi connectivity index (χ4n) is 2.16. The van der Waals surface area contributed by atoms with Gasteiger partial charge in [-0.25, -0.2) is 0 Å². The average Bonchev–Trinajstić information content (AvgIpc) is 2.18. The quantitative estimate of drug-likeness (QED) is 0.641. The van der Waals surface area contributed by atoms with Crippen LogP contribution in [0.2, 0.25) is 0 Å². The third-order valence-electron chi connectivity index (χ3n) is 2.89. The molecule has 1 aromatic rings. The lowest BCUT2D eigenvalue weighted by Gasteiger charge is -2.24. The van der Waals surface area contributed by atoms with Gasteiger partial charge >= 0.3 is 0 Å². The van der Waals surface area contributed by atoms with Crippen LogP contribution in [0.15, 0.2) is 18.2 Å². The van der Waals surface area contributed by atoms with Crippen molar-refractivity contribution in [2.45, 2.75) is 25.2 Å². The van der Waals surface area contributed by atoms with Crippen LogP contribution in [0.3, 0.4) is 0 Å². The Kier molecular flexibility index (Phi) is 2.23. The SMILES string of the molecule is Nc1cccc2c1CCCC2CO. The van der Waals surface area contributed by atoms with E-state index in [2.05, 4.69) is 6.07 Å². The number of nitrogens with two attached hydrogens (primary N) is 1. The molecule has 0 saturated carbocycles. The van der Waals surface area contributed by atoms with Crippen molar-refractivity contribution in [1.29, 1.82) is 0 Å². The van der Waals surface area contributed by atoms with Crippen molar-refractivity contribution < 1.29 is 5.11 Å². The van der Waals surface area contributed by atoms with Gasteiger partial charge in [-0.05, 0) is 36.5 Å². The van der Waals surface area contributed by atoms with Crippen molar-refractivity contribution in [1.82, 2.24) is 0 Å². The van der Waals surface area contributed by atoms with Crippen molar-refractivity contribution in [2.24, 2.45) is 0 Å². The van der Waals surface area contributed by atoms with Gasteiger partial charge in [0, 0.05) is 18.2 Å². The van der Waals surface area contributed by atoms with Gasteiger partial charge in [0.15, 0.2) is 0 Å². The Morgan fingerprint density at radius 1 is 1.46 bits per heavy atom. The lowest BCUT2D eigenvalue weighted by Crippen LogP contribution is -2.14. The summed E-state index contributed by atoms with van der Waals surface area (Å²) in [5, 5.41) is 9.19.